The van der Waals surface area contributed by atoms with E-state index in [1.54, 1.807) is 0 Å². The van der Waals surface area contributed by atoms with Gasteiger partial charge in [0.25, 0.3) is 0 Å². The van der Waals surface area contributed by atoms with Crippen LogP contribution in [0.1, 0.15) is 117 Å². The molecule has 0 aliphatic carbocycles. The van der Waals surface area contributed by atoms with Crippen molar-refractivity contribution in [3.8, 4) is 0 Å². The number of unbranched alkanes of at least 4 members (excludes halogenated alkanes) is 13. The van der Waals surface area contributed by atoms with Crippen LogP contribution in [-0.4, -0.2) is 13.2 Å². The van der Waals surface area contributed by atoms with Gasteiger partial charge < -0.3 is 4.74 Å². The third kappa shape index (κ3) is 19.6. The van der Waals surface area contributed by atoms with Crippen LogP contribution in [0.5, 0.6) is 0 Å². The highest BCUT2D eigenvalue weighted by Gasteiger charge is 1.95. The molecule has 0 heterocycles. The lowest BCUT2D eigenvalue weighted by Gasteiger charge is -2.04. The van der Waals surface area contributed by atoms with Crippen molar-refractivity contribution >= 4 is 0 Å². The van der Waals surface area contributed by atoms with E-state index in [-0.39, 0.29) is 0 Å². The first-order valence-corrected chi connectivity index (χ1v) is 11.2. The molecule has 0 aromatic heterocycles. The van der Waals surface area contributed by atoms with Crippen molar-refractivity contribution in [3.05, 3.63) is 23.8 Å². The smallest absolute Gasteiger partial charge is 0.0465 e. The minimum atomic E-state index is 0.869. The third-order valence-electron chi connectivity index (χ3n) is 4.96. The summed E-state index contributed by atoms with van der Waals surface area (Å²) in [6, 6.07) is 0. The Balaban J connectivity index is 3.12. The van der Waals surface area contributed by atoms with Crippen LogP contribution >= 0.6 is 0 Å². The van der Waals surface area contributed by atoms with Gasteiger partial charge in [-0.15, -0.1) is 0 Å². The first-order chi connectivity index (χ1) is 12.3. The average Bonchev–Trinajstić information content (AvgIpc) is 2.63. The van der Waals surface area contributed by atoms with Gasteiger partial charge >= 0.3 is 0 Å². The molecule has 0 aromatic carbocycles. The molecular weight excluding hydrogens is 304 g/mol. The van der Waals surface area contributed by atoms with E-state index in [0.717, 1.165) is 13.2 Å². The van der Waals surface area contributed by atoms with E-state index in [1.165, 1.54) is 102 Å². The highest BCUT2D eigenvalue weighted by atomic mass is 16.5. The third-order valence-corrected chi connectivity index (χ3v) is 4.96. The zero-order chi connectivity index (χ0) is 18.4. The number of ether oxygens (including phenoxy) is 1. The molecule has 0 saturated carbocycles. The Bertz CT molecular complexity index is 303. The van der Waals surface area contributed by atoms with Gasteiger partial charge in [0.2, 0.25) is 0 Å². The maximum Gasteiger partial charge on any atom is 0.0465 e. The lowest BCUT2D eigenvalue weighted by molar-refractivity contribution is 0.143. The van der Waals surface area contributed by atoms with Gasteiger partial charge in [-0.05, 0) is 40.0 Å². The van der Waals surface area contributed by atoms with Gasteiger partial charge in [0.05, 0.1) is 0 Å². The van der Waals surface area contributed by atoms with E-state index in [0.29, 0.717) is 0 Å². The van der Waals surface area contributed by atoms with Gasteiger partial charge in [0, 0.05) is 13.2 Å². The van der Waals surface area contributed by atoms with Gasteiger partial charge in [-0.3, -0.25) is 0 Å². The molecule has 1 nitrogen and oxygen atoms in total. The average molecular weight is 351 g/mol. The molecule has 0 N–H and O–H groups in total. The van der Waals surface area contributed by atoms with Crippen LogP contribution in [0.2, 0.25) is 0 Å². The molecule has 0 saturated heterocycles. The fourth-order valence-electron chi connectivity index (χ4n) is 3.34. The fraction of sp³-hybridized carbons (Fsp3) is 0.833. The Morgan fingerprint density at radius 2 is 1.08 bits per heavy atom. The van der Waals surface area contributed by atoms with Gasteiger partial charge in [0.1, 0.15) is 0 Å². The van der Waals surface area contributed by atoms with Crippen LogP contribution in [-0.2, 0) is 4.74 Å². The second-order valence-corrected chi connectivity index (χ2v) is 7.26. The van der Waals surface area contributed by atoms with Crippen molar-refractivity contribution in [1.29, 1.82) is 0 Å². The summed E-state index contributed by atoms with van der Waals surface area (Å²) in [5, 5.41) is 0. The molecule has 0 aromatic rings. The Labute approximate surface area is 159 Å². The number of rotatable bonds is 19. The van der Waals surface area contributed by atoms with Crippen molar-refractivity contribution in [3.63, 3.8) is 0 Å². The molecule has 1 heteroatoms. The quantitative estimate of drug-likeness (QED) is 0.168. The van der Waals surface area contributed by atoms with E-state index >= 15 is 0 Å². The summed E-state index contributed by atoms with van der Waals surface area (Å²) < 4.78 is 5.37. The van der Waals surface area contributed by atoms with Crippen LogP contribution in [0.4, 0.5) is 0 Å². The Kier molecular flexibility index (Phi) is 21.0. The molecule has 0 radical (unpaired) electrons. The second-order valence-electron chi connectivity index (χ2n) is 7.26. The first kappa shape index (κ1) is 24.4. The first-order valence-electron chi connectivity index (χ1n) is 11.2. The molecule has 148 valence electrons. The minimum Gasteiger partial charge on any atom is -0.382 e. The summed E-state index contributed by atoms with van der Waals surface area (Å²) in [5.74, 6) is 0. The van der Waals surface area contributed by atoms with Crippen LogP contribution in [0.15, 0.2) is 23.8 Å². The zero-order valence-corrected chi connectivity index (χ0v) is 17.7. The normalized spacial score (nSPS) is 12.4. The molecule has 0 rings (SSSR count). The summed E-state index contributed by atoms with van der Waals surface area (Å²) in [7, 11) is 0. The molecule has 0 amide bonds. The largest absolute Gasteiger partial charge is 0.382 e. The van der Waals surface area contributed by atoms with E-state index in [9.17, 15) is 0 Å². The van der Waals surface area contributed by atoms with Gasteiger partial charge in [0.15, 0.2) is 0 Å². The molecule has 0 fully saturated rings. The molecule has 0 spiro atoms. The molecule has 0 aliphatic rings. The lowest BCUT2D eigenvalue weighted by Crippen LogP contribution is -1.92. The zero-order valence-electron chi connectivity index (χ0n) is 17.7. The second kappa shape index (κ2) is 21.5. The summed E-state index contributed by atoms with van der Waals surface area (Å²) in [5.41, 5.74) is 1.50. The maximum atomic E-state index is 5.37. The highest BCUT2D eigenvalue weighted by Crippen LogP contribution is 2.15. The Hall–Kier alpha value is -0.560. The minimum absolute atomic E-state index is 0.869. The summed E-state index contributed by atoms with van der Waals surface area (Å²) in [6.45, 7) is 8.16. The van der Waals surface area contributed by atoms with Crippen LogP contribution in [0, 0.1) is 0 Å². The van der Waals surface area contributed by atoms with E-state index in [2.05, 4.69) is 39.0 Å². The van der Waals surface area contributed by atoms with Crippen molar-refractivity contribution < 1.29 is 4.74 Å². The molecule has 0 atom stereocenters. The van der Waals surface area contributed by atoms with Crippen LogP contribution in [0.25, 0.3) is 0 Å². The van der Waals surface area contributed by atoms with Gasteiger partial charge in [-0.2, -0.15) is 0 Å². The standard InChI is InChI=1S/C24H46O/c1-4-21-24(5-2)22-19-17-15-13-11-9-7-8-10-12-14-16-18-20-23-25-6-3/h4-5,21H,6-20,22-23H2,1-3H3/b21-4-,24-5+. The van der Waals surface area contributed by atoms with Crippen LogP contribution in [0.3, 0.4) is 0 Å². The number of hydrogen-bond donors (Lipinski definition) is 0. The predicted octanol–water partition coefficient (Wildman–Crippen LogP) is 8.40. The Morgan fingerprint density at radius 3 is 1.48 bits per heavy atom. The number of hydrogen-bond acceptors (Lipinski definition) is 1. The Morgan fingerprint density at radius 1 is 0.640 bits per heavy atom. The van der Waals surface area contributed by atoms with Crippen LogP contribution < -0.4 is 0 Å². The number of allylic oxidation sites excluding steroid dienone is 4. The van der Waals surface area contributed by atoms with E-state index in [1.807, 2.05) is 0 Å². The maximum absolute atomic E-state index is 5.37. The van der Waals surface area contributed by atoms with Gasteiger partial charge in [-0.1, -0.05) is 101 Å². The topological polar surface area (TPSA) is 9.23 Å². The monoisotopic (exact) mass is 350 g/mol. The fourth-order valence-corrected chi connectivity index (χ4v) is 3.34. The summed E-state index contributed by atoms with van der Waals surface area (Å²) in [4.78, 5) is 0. The van der Waals surface area contributed by atoms with Crippen molar-refractivity contribution in [1.82, 2.24) is 0 Å². The van der Waals surface area contributed by atoms with E-state index < -0.39 is 0 Å². The lowest BCUT2D eigenvalue weighted by atomic mass is 10.0. The van der Waals surface area contributed by atoms with E-state index in [4.69, 9.17) is 4.74 Å². The predicted molar refractivity (Wildman–Crippen MR) is 114 cm³/mol. The summed E-state index contributed by atoms with van der Waals surface area (Å²) >= 11 is 0. The molecular formula is C24H46O. The summed E-state index contributed by atoms with van der Waals surface area (Å²) in [6.07, 6.45) is 27.6. The SMILES string of the molecule is C/C=C\C(=C/C)CCCCCCCCCCCCCCCCOCC. The van der Waals surface area contributed by atoms with Crippen molar-refractivity contribution in [2.45, 2.75) is 117 Å². The molecule has 0 aliphatic heterocycles. The molecule has 0 bridgehead atoms. The highest BCUT2D eigenvalue weighted by molar-refractivity contribution is 5.16. The molecule has 25 heavy (non-hydrogen) atoms. The van der Waals surface area contributed by atoms with Gasteiger partial charge in [-0.25, -0.2) is 0 Å². The van der Waals surface area contributed by atoms with Crippen molar-refractivity contribution in [2.24, 2.45) is 0 Å². The molecule has 0 unspecified atom stereocenters. The van der Waals surface area contributed by atoms with Crippen molar-refractivity contribution in [2.75, 3.05) is 13.2 Å².